The van der Waals surface area contributed by atoms with Crippen molar-refractivity contribution in [2.75, 3.05) is 40.0 Å². The van der Waals surface area contributed by atoms with Gasteiger partial charge >= 0.3 is 0 Å². The molecule has 1 saturated carbocycles. The minimum atomic E-state index is -0.383. The summed E-state index contributed by atoms with van der Waals surface area (Å²) >= 11 is 0. The molecule has 4 rings (SSSR count). The molecule has 0 aromatic carbocycles. The van der Waals surface area contributed by atoms with Gasteiger partial charge in [0.25, 0.3) is 5.91 Å². The third-order valence-electron chi connectivity index (χ3n) is 5.65. The molecule has 0 radical (unpaired) electrons. The molecule has 140 valence electrons. The molecule has 2 aliphatic heterocycles. The van der Waals surface area contributed by atoms with Crippen LogP contribution in [0, 0.1) is 5.92 Å². The molecule has 0 N–H and O–H groups in total. The fourth-order valence-corrected chi connectivity index (χ4v) is 3.92. The standard InChI is InChI=1S/C19H25N3O4/c1-25-16-5-4-15(10-20-16)18(24)21-8-6-17(23)22(11-14-2-3-14)19(12-21)7-9-26-13-19/h4-5,10,14H,2-3,6-9,11-13H2,1H3. The molecule has 26 heavy (non-hydrogen) atoms. The van der Waals surface area contributed by atoms with Crippen molar-refractivity contribution in [1.29, 1.82) is 0 Å². The molecule has 1 aliphatic carbocycles. The van der Waals surface area contributed by atoms with Crippen molar-refractivity contribution in [2.45, 2.75) is 31.2 Å². The maximum absolute atomic E-state index is 13.0. The van der Waals surface area contributed by atoms with Crippen molar-refractivity contribution in [3.05, 3.63) is 23.9 Å². The topological polar surface area (TPSA) is 72.0 Å². The molecular weight excluding hydrogens is 334 g/mol. The summed E-state index contributed by atoms with van der Waals surface area (Å²) < 4.78 is 10.7. The number of pyridine rings is 1. The Morgan fingerprint density at radius 3 is 2.88 bits per heavy atom. The lowest BCUT2D eigenvalue weighted by Gasteiger charge is -2.40. The highest BCUT2D eigenvalue weighted by Crippen LogP contribution is 2.37. The molecule has 3 heterocycles. The Hall–Kier alpha value is -2.15. The number of rotatable bonds is 4. The van der Waals surface area contributed by atoms with E-state index in [4.69, 9.17) is 9.47 Å². The van der Waals surface area contributed by atoms with E-state index in [1.807, 2.05) is 4.90 Å². The summed E-state index contributed by atoms with van der Waals surface area (Å²) in [5.41, 5.74) is 0.133. The molecule has 3 fully saturated rings. The van der Waals surface area contributed by atoms with Gasteiger partial charge in [-0.05, 0) is 31.2 Å². The number of carbonyl (C=O) groups is 2. The van der Waals surface area contributed by atoms with Crippen molar-refractivity contribution in [1.82, 2.24) is 14.8 Å². The van der Waals surface area contributed by atoms with E-state index < -0.39 is 0 Å². The summed E-state index contributed by atoms with van der Waals surface area (Å²) in [4.78, 5) is 33.8. The number of hydrogen-bond donors (Lipinski definition) is 0. The van der Waals surface area contributed by atoms with Crippen molar-refractivity contribution < 1.29 is 19.1 Å². The average molecular weight is 359 g/mol. The van der Waals surface area contributed by atoms with E-state index in [-0.39, 0.29) is 17.4 Å². The predicted octanol–water partition coefficient (Wildman–Crippen LogP) is 1.33. The zero-order chi connectivity index (χ0) is 18.1. The maximum atomic E-state index is 13.0. The first-order valence-electron chi connectivity index (χ1n) is 9.29. The first-order valence-corrected chi connectivity index (χ1v) is 9.29. The van der Waals surface area contributed by atoms with Crippen LogP contribution >= 0.6 is 0 Å². The van der Waals surface area contributed by atoms with Crippen LogP contribution in [0.3, 0.4) is 0 Å². The molecule has 1 aromatic heterocycles. The van der Waals surface area contributed by atoms with Gasteiger partial charge in [-0.25, -0.2) is 4.98 Å². The van der Waals surface area contributed by atoms with E-state index in [0.717, 1.165) is 13.0 Å². The fraction of sp³-hybridized carbons (Fsp3) is 0.632. The molecule has 2 saturated heterocycles. The van der Waals surface area contributed by atoms with Crippen LogP contribution in [0.2, 0.25) is 0 Å². The fourth-order valence-electron chi connectivity index (χ4n) is 3.92. The normalized spacial score (nSPS) is 26.3. The SMILES string of the molecule is COc1ccc(C(=O)N2CCC(=O)N(CC3CC3)C3(CCOC3)C2)cn1. The van der Waals surface area contributed by atoms with Gasteiger partial charge in [-0.15, -0.1) is 0 Å². The molecular formula is C19H25N3O4. The summed E-state index contributed by atoms with van der Waals surface area (Å²) in [6, 6.07) is 3.41. The van der Waals surface area contributed by atoms with Gasteiger partial charge in [0.2, 0.25) is 11.8 Å². The minimum Gasteiger partial charge on any atom is -0.481 e. The molecule has 1 unspecified atom stereocenters. The Kier molecular flexibility index (Phi) is 4.56. The van der Waals surface area contributed by atoms with E-state index in [9.17, 15) is 9.59 Å². The van der Waals surface area contributed by atoms with E-state index >= 15 is 0 Å². The average Bonchev–Trinajstić information content (AvgIpc) is 3.40. The number of carbonyl (C=O) groups excluding carboxylic acids is 2. The zero-order valence-electron chi connectivity index (χ0n) is 15.1. The second-order valence-electron chi connectivity index (χ2n) is 7.54. The van der Waals surface area contributed by atoms with Crippen LogP contribution < -0.4 is 4.74 Å². The van der Waals surface area contributed by atoms with E-state index in [1.54, 1.807) is 24.1 Å². The molecule has 7 heteroatoms. The monoisotopic (exact) mass is 359 g/mol. The van der Waals surface area contributed by atoms with Crippen molar-refractivity contribution in [2.24, 2.45) is 5.92 Å². The quantitative estimate of drug-likeness (QED) is 0.811. The summed E-state index contributed by atoms with van der Waals surface area (Å²) in [6.07, 6.45) is 5.08. The van der Waals surface area contributed by atoms with Crippen LogP contribution in [-0.4, -0.2) is 72.1 Å². The summed E-state index contributed by atoms with van der Waals surface area (Å²) in [5, 5.41) is 0. The maximum Gasteiger partial charge on any atom is 0.255 e. The van der Waals surface area contributed by atoms with E-state index in [0.29, 0.717) is 50.1 Å². The lowest BCUT2D eigenvalue weighted by molar-refractivity contribution is -0.136. The highest BCUT2D eigenvalue weighted by molar-refractivity contribution is 5.94. The molecule has 1 aromatic rings. The van der Waals surface area contributed by atoms with Crippen LogP contribution in [0.15, 0.2) is 18.3 Å². The van der Waals surface area contributed by atoms with Gasteiger partial charge in [0.15, 0.2) is 0 Å². The summed E-state index contributed by atoms with van der Waals surface area (Å²) in [6.45, 7) is 2.91. The second kappa shape index (κ2) is 6.87. The lowest BCUT2D eigenvalue weighted by atomic mass is 9.94. The van der Waals surface area contributed by atoms with Crippen molar-refractivity contribution in [3.63, 3.8) is 0 Å². The number of hydrogen-bond acceptors (Lipinski definition) is 5. The minimum absolute atomic E-state index is 0.0903. The Labute approximate surface area is 153 Å². The first kappa shape index (κ1) is 17.3. The summed E-state index contributed by atoms with van der Waals surface area (Å²) in [7, 11) is 1.54. The third-order valence-corrected chi connectivity index (χ3v) is 5.65. The van der Waals surface area contributed by atoms with Crippen LogP contribution in [0.5, 0.6) is 5.88 Å². The van der Waals surface area contributed by atoms with Gasteiger partial charge in [0.1, 0.15) is 0 Å². The van der Waals surface area contributed by atoms with Crippen LogP contribution in [0.4, 0.5) is 0 Å². The van der Waals surface area contributed by atoms with Gasteiger partial charge in [0, 0.05) is 44.9 Å². The Morgan fingerprint density at radius 2 is 2.27 bits per heavy atom. The number of ether oxygens (including phenoxy) is 2. The molecule has 2 amide bonds. The van der Waals surface area contributed by atoms with Crippen LogP contribution in [0.25, 0.3) is 0 Å². The molecule has 0 bridgehead atoms. The van der Waals surface area contributed by atoms with Crippen molar-refractivity contribution >= 4 is 11.8 Å². The van der Waals surface area contributed by atoms with Gasteiger partial charge in [-0.1, -0.05) is 0 Å². The smallest absolute Gasteiger partial charge is 0.255 e. The van der Waals surface area contributed by atoms with Gasteiger partial charge in [-0.3, -0.25) is 9.59 Å². The first-order chi connectivity index (χ1) is 12.6. The zero-order valence-corrected chi connectivity index (χ0v) is 15.1. The van der Waals surface area contributed by atoms with Crippen LogP contribution in [0.1, 0.15) is 36.0 Å². The van der Waals surface area contributed by atoms with Gasteiger partial charge in [-0.2, -0.15) is 0 Å². The molecule has 1 atom stereocenters. The van der Waals surface area contributed by atoms with Gasteiger partial charge < -0.3 is 19.3 Å². The molecule has 3 aliphatic rings. The molecule has 7 nitrogen and oxygen atoms in total. The second-order valence-corrected chi connectivity index (χ2v) is 7.54. The summed E-state index contributed by atoms with van der Waals surface area (Å²) in [5.74, 6) is 1.14. The lowest BCUT2D eigenvalue weighted by Crippen LogP contribution is -2.57. The van der Waals surface area contributed by atoms with Crippen molar-refractivity contribution in [3.8, 4) is 5.88 Å². The van der Waals surface area contributed by atoms with E-state index in [2.05, 4.69) is 4.98 Å². The van der Waals surface area contributed by atoms with Gasteiger partial charge in [0.05, 0.1) is 24.8 Å². The number of aromatic nitrogens is 1. The van der Waals surface area contributed by atoms with E-state index in [1.165, 1.54) is 19.0 Å². The predicted molar refractivity (Wildman–Crippen MR) is 93.9 cm³/mol. The third kappa shape index (κ3) is 3.28. The highest BCUT2D eigenvalue weighted by atomic mass is 16.5. The Balaban J connectivity index is 1.57. The van der Waals surface area contributed by atoms with Crippen LogP contribution in [-0.2, 0) is 9.53 Å². The Bertz CT molecular complexity index is 681. The highest BCUT2D eigenvalue weighted by Gasteiger charge is 2.48. The number of amides is 2. The Morgan fingerprint density at radius 1 is 1.42 bits per heavy atom. The number of methoxy groups -OCH3 is 1. The largest absolute Gasteiger partial charge is 0.481 e. The molecule has 1 spiro atoms. The number of nitrogens with zero attached hydrogens (tertiary/aromatic N) is 3.